The molecule has 2 fully saturated rings. The Balaban J connectivity index is 1.61. The molecule has 1 aliphatic heterocycles. The number of benzene rings is 1. The molecule has 1 atom stereocenters. The summed E-state index contributed by atoms with van der Waals surface area (Å²) in [6, 6.07) is 9.45. The summed E-state index contributed by atoms with van der Waals surface area (Å²) in [5.41, 5.74) is 2.42. The van der Waals surface area contributed by atoms with Gasteiger partial charge in [-0.3, -0.25) is 4.79 Å². The number of nitrogens with zero attached hydrogens (tertiary/aromatic N) is 2. The minimum atomic E-state index is -3.01. The number of carbonyl (C=O) groups is 1. The van der Waals surface area contributed by atoms with Crippen molar-refractivity contribution in [3.63, 3.8) is 0 Å². The Bertz CT molecular complexity index is 870. The Labute approximate surface area is 140 Å². The number of hydrogen-bond donors (Lipinski definition) is 1. The summed E-state index contributed by atoms with van der Waals surface area (Å²) >= 11 is 0. The molecule has 1 amide bonds. The zero-order valence-electron chi connectivity index (χ0n) is 13.2. The van der Waals surface area contributed by atoms with Crippen molar-refractivity contribution in [3.05, 3.63) is 47.8 Å². The minimum absolute atomic E-state index is 0.0321. The van der Waals surface area contributed by atoms with Crippen molar-refractivity contribution in [1.29, 1.82) is 0 Å². The number of hydrogen-bond acceptors (Lipinski definition) is 4. The highest BCUT2D eigenvalue weighted by atomic mass is 32.2. The van der Waals surface area contributed by atoms with Gasteiger partial charge in [0.25, 0.3) is 5.91 Å². The van der Waals surface area contributed by atoms with Crippen LogP contribution in [0.25, 0.3) is 5.69 Å². The fraction of sp³-hybridized carbons (Fsp3) is 0.412. The standard InChI is InChI=1S/C17H19N3O3S/c21-17(19-13-8-9-24(22,23)11-13)15-10-18-20(16(15)12-6-7-12)14-4-2-1-3-5-14/h1-5,10,12-13H,6-9,11H2,(H,19,21)/t13-/m0/s1. The molecule has 1 aromatic heterocycles. The molecule has 2 aliphatic rings. The zero-order chi connectivity index (χ0) is 16.7. The second-order valence-corrected chi connectivity index (χ2v) is 8.77. The first-order chi connectivity index (χ1) is 11.5. The Morgan fingerprint density at radius 2 is 1.92 bits per heavy atom. The molecule has 4 rings (SSSR count). The smallest absolute Gasteiger partial charge is 0.255 e. The van der Waals surface area contributed by atoms with E-state index in [2.05, 4.69) is 10.4 Å². The molecule has 2 heterocycles. The van der Waals surface area contributed by atoms with Crippen LogP contribution in [0.1, 0.15) is 41.2 Å². The summed E-state index contributed by atoms with van der Waals surface area (Å²) in [6.07, 6.45) is 4.19. The number of carbonyl (C=O) groups excluding carboxylic acids is 1. The first-order valence-electron chi connectivity index (χ1n) is 8.18. The van der Waals surface area contributed by atoms with E-state index in [1.165, 1.54) is 0 Å². The van der Waals surface area contributed by atoms with Gasteiger partial charge in [0.05, 0.1) is 34.6 Å². The Kier molecular flexibility index (Phi) is 3.68. The van der Waals surface area contributed by atoms with Gasteiger partial charge in [-0.05, 0) is 31.4 Å². The lowest BCUT2D eigenvalue weighted by Crippen LogP contribution is -2.35. The van der Waals surface area contributed by atoms with Gasteiger partial charge < -0.3 is 5.32 Å². The number of nitrogens with one attached hydrogen (secondary N) is 1. The van der Waals surface area contributed by atoms with Gasteiger partial charge in [-0.15, -0.1) is 0 Å². The van der Waals surface area contributed by atoms with Crippen LogP contribution in [0.5, 0.6) is 0 Å². The molecular formula is C17H19N3O3S. The maximum Gasteiger partial charge on any atom is 0.255 e. The van der Waals surface area contributed by atoms with Gasteiger partial charge in [-0.2, -0.15) is 5.10 Å². The molecule has 1 aliphatic carbocycles. The summed E-state index contributed by atoms with van der Waals surface area (Å²) < 4.78 is 25.0. The monoisotopic (exact) mass is 345 g/mol. The molecule has 0 spiro atoms. The summed E-state index contributed by atoms with van der Waals surface area (Å²) in [4.78, 5) is 12.7. The zero-order valence-corrected chi connectivity index (χ0v) is 14.0. The Morgan fingerprint density at radius 3 is 2.54 bits per heavy atom. The molecule has 1 aromatic carbocycles. The molecule has 1 N–H and O–H groups in total. The van der Waals surface area contributed by atoms with E-state index in [1.807, 2.05) is 35.0 Å². The van der Waals surface area contributed by atoms with Crippen molar-refractivity contribution >= 4 is 15.7 Å². The largest absolute Gasteiger partial charge is 0.348 e. The minimum Gasteiger partial charge on any atom is -0.348 e. The van der Waals surface area contributed by atoms with E-state index >= 15 is 0 Å². The highest BCUT2D eigenvalue weighted by Gasteiger charge is 2.35. The molecule has 24 heavy (non-hydrogen) atoms. The Morgan fingerprint density at radius 1 is 1.17 bits per heavy atom. The van der Waals surface area contributed by atoms with Crippen molar-refractivity contribution in [3.8, 4) is 5.69 Å². The van der Waals surface area contributed by atoms with Gasteiger partial charge in [0, 0.05) is 12.0 Å². The van der Waals surface area contributed by atoms with Crippen LogP contribution in [-0.4, -0.2) is 41.7 Å². The normalized spacial score (nSPS) is 22.4. The van der Waals surface area contributed by atoms with Crippen LogP contribution in [0.15, 0.2) is 36.5 Å². The van der Waals surface area contributed by atoms with E-state index in [9.17, 15) is 13.2 Å². The summed E-state index contributed by atoms with van der Waals surface area (Å²) in [5, 5.41) is 7.28. The average molecular weight is 345 g/mol. The third-order valence-corrected chi connectivity index (χ3v) is 6.35. The third-order valence-electron chi connectivity index (χ3n) is 4.58. The van der Waals surface area contributed by atoms with Crippen LogP contribution in [0.2, 0.25) is 0 Å². The Hall–Kier alpha value is -2.15. The van der Waals surface area contributed by atoms with E-state index in [4.69, 9.17) is 0 Å². The lowest BCUT2D eigenvalue weighted by molar-refractivity contribution is 0.0940. The predicted octanol–water partition coefficient (Wildman–Crippen LogP) is 1.67. The fourth-order valence-corrected chi connectivity index (χ4v) is 4.90. The molecule has 0 bridgehead atoms. The first kappa shape index (κ1) is 15.4. The second-order valence-electron chi connectivity index (χ2n) is 6.54. The van der Waals surface area contributed by atoms with Crippen LogP contribution in [0.4, 0.5) is 0 Å². The van der Waals surface area contributed by atoms with E-state index in [-0.39, 0.29) is 23.5 Å². The molecule has 126 valence electrons. The van der Waals surface area contributed by atoms with Crippen LogP contribution >= 0.6 is 0 Å². The maximum atomic E-state index is 12.7. The van der Waals surface area contributed by atoms with Gasteiger partial charge in [0.15, 0.2) is 9.84 Å². The average Bonchev–Trinajstić information content (AvgIpc) is 3.21. The maximum absolute atomic E-state index is 12.7. The van der Waals surface area contributed by atoms with Gasteiger partial charge in [-0.25, -0.2) is 13.1 Å². The van der Waals surface area contributed by atoms with Crippen LogP contribution < -0.4 is 5.32 Å². The lowest BCUT2D eigenvalue weighted by atomic mass is 10.1. The van der Waals surface area contributed by atoms with E-state index in [0.29, 0.717) is 17.9 Å². The van der Waals surface area contributed by atoms with Crippen LogP contribution in [-0.2, 0) is 9.84 Å². The van der Waals surface area contributed by atoms with Gasteiger partial charge in [0.2, 0.25) is 0 Å². The highest BCUT2D eigenvalue weighted by molar-refractivity contribution is 7.91. The lowest BCUT2D eigenvalue weighted by Gasteiger charge is -2.12. The fourth-order valence-electron chi connectivity index (χ4n) is 3.23. The van der Waals surface area contributed by atoms with Crippen molar-refractivity contribution in [2.45, 2.75) is 31.2 Å². The van der Waals surface area contributed by atoms with Gasteiger partial charge in [0.1, 0.15) is 0 Å². The van der Waals surface area contributed by atoms with Crippen molar-refractivity contribution in [2.75, 3.05) is 11.5 Å². The molecule has 0 unspecified atom stereocenters. The van der Waals surface area contributed by atoms with Crippen molar-refractivity contribution in [1.82, 2.24) is 15.1 Å². The predicted molar refractivity (Wildman–Crippen MR) is 90.1 cm³/mol. The van der Waals surface area contributed by atoms with E-state index < -0.39 is 9.84 Å². The van der Waals surface area contributed by atoms with Crippen LogP contribution in [0, 0.1) is 0 Å². The van der Waals surface area contributed by atoms with E-state index in [0.717, 1.165) is 24.2 Å². The van der Waals surface area contributed by atoms with Crippen molar-refractivity contribution < 1.29 is 13.2 Å². The first-order valence-corrected chi connectivity index (χ1v) is 10.0. The molecule has 1 saturated heterocycles. The number of para-hydroxylation sites is 1. The highest BCUT2D eigenvalue weighted by Crippen LogP contribution is 2.42. The van der Waals surface area contributed by atoms with E-state index in [1.54, 1.807) is 6.20 Å². The molecule has 2 aromatic rings. The summed E-state index contributed by atoms with van der Waals surface area (Å²) in [5.74, 6) is 0.308. The number of aromatic nitrogens is 2. The molecule has 1 saturated carbocycles. The van der Waals surface area contributed by atoms with Crippen LogP contribution in [0.3, 0.4) is 0 Å². The van der Waals surface area contributed by atoms with Gasteiger partial charge >= 0.3 is 0 Å². The molecule has 7 heteroatoms. The summed E-state index contributed by atoms with van der Waals surface area (Å²) in [7, 11) is -3.01. The number of rotatable bonds is 4. The summed E-state index contributed by atoms with van der Waals surface area (Å²) in [6.45, 7) is 0. The topological polar surface area (TPSA) is 81.1 Å². The molecule has 0 radical (unpaired) electrons. The SMILES string of the molecule is O=C(N[C@H]1CCS(=O)(=O)C1)c1cnn(-c2ccccc2)c1C1CC1. The number of amides is 1. The van der Waals surface area contributed by atoms with Gasteiger partial charge in [-0.1, -0.05) is 18.2 Å². The van der Waals surface area contributed by atoms with Crippen molar-refractivity contribution in [2.24, 2.45) is 0 Å². The number of sulfone groups is 1. The molecular weight excluding hydrogens is 326 g/mol. The molecule has 6 nitrogen and oxygen atoms in total. The third kappa shape index (κ3) is 2.96. The second kappa shape index (κ2) is 5.73. The quantitative estimate of drug-likeness (QED) is 0.914.